The Morgan fingerprint density at radius 1 is 1.42 bits per heavy atom. The molecular formula is C10H16O2. The molecule has 0 aromatic heterocycles. The first kappa shape index (κ1) is 11.0. The van der Waals surface area contributed by atoms with Gasteiger partial charge in [0, 0.05) is 6.61 Å². The van der Waals surface area contributed by atoms with Crippen LogP contribution in [0.5, 0.6) is 0 Å². The highest BCUT2D eigenvalue weighted by Gasteiger charge is 1.88. The van der Waals surface area contributed by atoms with Crippen LogP contribution in [0.25, 0.3) is 0 Å². The summed E-state index contributed by atoms with van der Waals surface area (Å²) < 4.78 is 5.21. The molecule has 0 aliphatic heterocycles. The molecule has 0 aromatic carbocycles. The molecule has 0 unspecified atom stereocenters. The largest absolute Gasteiger partial charge is 0.494 e. The van der Waals surface area contributed by atoms with E-state index in [1.54, 1.807) is 18.2 Å². The number of unbranched alkanes of at least 4 members (excludes halogenated alkanes) is 1. The van der Waals surface area contributed by atoms with Gasteiger partial charge >= 0.3 is 0 Å². The van der Waals surface area contributed by atoms with Crippen molar-refractivity contribution in [3.8, 4) is 0 Å². The Kier molecular flexibility index (Phi) is 7.39. The zero-order valence-electron chi connectivity index (χ0n) is 7.33. The lowest BCUT2D eigenvalue weighted by atomic mass is 10.3. The monoisotopic (exact) mass is 168 g/mol. The van der Waals surface area contributed by atoms with Crippen molar-refractivity contribution in [2.45, 2.75) is 12.8 Å². The Balaban J connectivity index is 3.31. The van der Waals surface area contributed by atoms with E-state index in [1.165, 1.54) is 0 Å². The zero-order valence-corrected chi connectivity index (χ0v) is 7.33. The van der Waals surface area contributed by atoms with Crippen molar-refractivity contribution in [1.29, 1.82) is 0 Å². The van der Waals surface area contributed by atoms with Gasteiger partial charge in [-0.15, -0.1) is 0 Å². The van der Waals surface area contributed by atoms with Crippen LogP contribution in [0.4, 0.5) is 0 Å². The van der Waals surface area contributed by atoms with Crippen LogP contribution in [0.1, 0.15) is 12.8 Å². The van der Waals surface area contributed by atoms with E-state index in [9.17, 15) is 0 Å². The van der Waals surface area contributed by atoms with Crippen LogP contribution in [0.3, 0.4) is 0 Å². The molecule has 0 fully saturated rings. The number of aliphatic hydroxyl groups is 1. The van der Waals surface area contributed by atoms with Crippen molar-refractivity contribution in [2.24, 2.45) is 0 Å². The van der Waals surface area contributed by atoms with E-state index < -0.39 is 0 Å². The lowest BCUT2D eigenvalue weighted by Crippen LogP contribution is -1.93. The second kappa shape index (κ2) is 8.08. The summed E-state index contributed by atoms with van der Waals surface area (Å²) in [5, 5.41) is 8.47. The third-order valence-electron chi connectivity index (χ3n) is 1.26. The summed E-state index contributed by atoms with van der Waals surface area (Å²) in [6.45, 7) is 8.03. The first-order valence-corrected chi connectivity index (χ1v) is 4.03. The quantitative estimate of drug-likeness (QED) is 0.358. The average Bonchev–Trinajstić information content (AvgIpc) is 2.09. The van der Waals surface area contributed by atoms with Crippen LogP contribution in [-0.4, -0.2) is 18.3 Å². The highest BCUT2D eigenvalue weighted by atomic mass is 16.5. The van der Waals surface area contributed by atoms with Crippen LogP contribution in [0, 0.1) is 0 Å². The van der Waals surface area contributed by atoms with Crippen molar-refractivity contribution < 1.29 is 9.84 Å². The van der Waals surface area contributed by atoms with Gasteiger partial charge in [-0.05, 0) is 18.9 Å². The van der Waals surface area contributed by atoms with Gasteiger partial charge in [0.1, 0.15) is 5.76 Å². The molecule has 0 atom stereocenters. The van der Waals surface area contributed by atoms with E-state index in [-0.39, 0.29) is 6.61 Å². The van der Waals surface area contributed by atoms with Crippen molar-refractivity contribution in [2.75, 3.05) is 13.2 Å². The Labute approximate surface area is 73.9 Å². The van der Waals surface area contributed by atoms with Crippen molar-refractivity contribution in [1.82, 2.24) is 0 Å². The van der Waals surface area contributed by atoms with Crippen LogP contribution < -0.4 is 0 Å². The van der Waals surface area contributed by atoms with E-state index >= 15 is 0 Å². The normalized spacial score (nSPS) is 10.1. The predicted octanol–water partition coefficient (Wildman–Crippen LogP) is 2.03. The Hall–Kier alpha value is -1.02. The predicted molar refractivity (Wildman–Crippen MR) is 50.7 cm³/mol. The van der Waals surface area contributed by atoms with Gasteiger partial charge in [0.15, 0.2) is 0 Å². The number of aliphatic hydroxyl groups excluding tert-OH is 1. The second-order valence-electron chi connectivity index (χ2n) is 2.34. The molecule has 68 valence electrons. The number of hydrogen-bond acceptors (Lipinski definition) is 2. The van der Waals surface area contributed by atoms with Crippen molar-refractivity contribution >= 4 is 0 Å². The fourth-order valence-corrected chi connectivity index (χ4v) is 0.641. The molecule has 2 heteroatoms. The van der Waals surface area contributed by atoms with Crippen LogP contribution in [0.2, 0.25) is 0 Å². The molecule has 0 heterocycles. The maximum atomic E-state index is 8.47. The molecule has 0 aliphatic rings. The standard InChI is InChI=1S/C10H16O2/c1-3-4-7-10(2)12-9-6-5-8-11/h3-4,7,11H,1-2,5-6,8-9H2/b7-4-. The molecule has 2 nitrogen and oxygen atoms in total. The minimum atomic E-state index is 0.221. The van der Waals surface area contributed by atoms with Gasteiger partial charge < -0.3 is 9.84 Å². The summed E-state index contributed by atoms with van der Waals surface area (Å²) in [4.78, 5) is 0. The maximum absolute atomic E-state index is 8.47. The van der Waals surface area contributed by atoms with Crippen molar-refractivity contribution in [3.63, 3.8) is 0 Å². The van der Waals surface area contributed by atoms with Crippen LogP contribution >= 0.6 is 0 Å². The summed E-state index contributed by atoms with van der Waals surface area (Å²) >= 11 is 0. The summed E-state index contributed by atoms with van der Waals surface area (Å²) in [5.41, 5.74) is 0. The second-order valence-corrected chi connectivity index (χ2v) is 2.34. The number of ether oxygens (including phenoxy) is 1. The Bertz CT molecular complexity index is 159. The summed E-state index contributed by atoms with van der Waals surface area (Å²) in [5.74, 6) is 0.632. The molecule has 0 saturated heterocycles. The number of rotatable bonds is 7. The third-order valence-corrected chi connectivity index (χ3v) is 1.26. The third kappa shape index (κ3) is 7.09. The molecule has 0 spiro atoms. The molecule has 0 bridgehead atoms. The van der Waals surface area contributed by atoms with Gasteiger partial charge in [-0.2, -0.15) is 0 Å². The molecule has 0 radical (unpaired) electrons. The van der Waals surface area contributed by atoms with E-state index in [4.69, 9.17) is 9.84 Å². The van der Waals surface area contributed by atoms with Gasteiger partial charge in [-0.3, -0.25) is 0 Å². The van der Waals surface area contributed by atoms with Gasteiger partial charge in [0.05, 0.1) is 6.61 Å². The van der Waals surface area contributed by atoms with E-state index in [0.29, 0.717) is 12.4 Å². The van der Waals surface area contributed by atoms with Crippen LogP contribution in [0.15, 0.2) is 37.1 Å². The highest BCUT2D eigenvalue weighted by molar-refractivity contribution is 5.12. The van der Waals surface area contributed by atoms with Crippen LogP contribution in [-0.2, 0) is 4.74 Å². The Morgan fingerprint density at radius 3 is 2.75 bits per heavy atom. The first-order chi connectivity index (χ1) is 5.81. The zero-order chi connectivity index (χ0) is 9.23. The highest BCUT2D eigenvalue weighted by Crippen LogP contribution is 1.98. The average molecular weight is 168 g/mol. The van der Waals surface area contributed by atoms with Gasteiger partial charge in [0.25, 0.3) is 0 Å². The molecule has 0 aromatic rings. The molecule has 0 amide bonds. The topological polar surface area (TPSA) is 29.5 Å². The molecule has 12 heavy (non-hydrogen) atoms. The lowest BCUT2D eigenvalue weighted by Gasteiger charge is -2.03. The number of hydrogen-bond donors (Lipinski definition) is 1. The van der Waals surface area contributed by atoms with Gasteiger partial charge in [-0.25, -0.2) is 0 Å². The first-order valence-electron chi connectivity index (χ1n) is 4.03. The lowest BCUT2D eigenvalue weighted by molar-refractivity contribution is 0.202. The fraction of sp³-hybridized carbons (Fsp3) is 0.400. The number of allylic oxidation sites excluding steroid dienone is 3. The van der Waals surface area contributed by atoms with Gasteiger partial charge in [0.2, 0.25) is 0 Å². The molecule has 0 saturated carbocycles. The smallest absolute Gasteiger partial charge is 0.112 e. The maximum Gasteiger partial charge on any atom is 0.112 e. The van der Waals surface area contributed by atoms with E-state index in [2.05, 4.69) is 13.2 Å². The summed E-state index contributed by atoms with van der Waals surface area (Å²) in [6, 6.07) is 0. The van der Waals surface area contributed by atoms with E-state index in [0.717, 1.165) is 12.8 Å². The minimum Gasteiger partial charge on any atom is -0.494 e. The minimum absolute atomic E-state index is 0.221. The van der Waals surface area contributed by atoms with Gasteiger partial charge in [-0.1, -0.05) is 25.3 Å². The SMILES string of the molecule is C=C/C=C\C(=C)OCCCCO. The molecule has 0 rings (SSSR count). The summed E-state index contributed by atoms with van der Waals surface area (Å²) in [6.07, 6.45) is 6.83. The molecule has 1 N–H and O–H groups in total. The van der Waals surface area contributed by atoms with Crippen molar-refractivity contribution in [3.05, 3.63) is 37.1 Å². The molecular weight excluding hydrogens is 152 g/mol. The fourth-order valence-electron chi connectivity index (χ4n) is 0.641. The Morgan fingerprint density at radius 2 is 2.17 bits per heavy atom. The molecule has 0 aliphatic carbocycles. The summed E-state index contributed by atoms with van der Waals surface area (Å²) in [7, 11) is 0. The van der Waals surface area contributed by atoms with E-state index in [1.807, 2.05) is 0 Å².